The Labute approximate surface area is 103 Å². The summed E-state index contributed by atoms with van der Waals surface area (Å²) < 4.78 is 5.37. The molecule has 0 aromatic heterocycles. The zero-order valence-corrected chi connectivity index (χ0v) is 10.8. The zero-order valence-electron chi connectivity index (χ0n) is 10.0. The molecule has 2 atom stereocenters. The highest BCUT2D eigenvalue weighted by Crippen LogP contribution is 2.24. The molecule has 2 rings (SSSR count). The van der Waals surface area contributed by atoms with Crippen molar-refractivity contribution in [1.29, 1.82) is 0 Å². The molecule has 2 heteroatoms. The maximum absolute atomic E-state index is 6.43. The Hall–Kier alpha value is -0.530. The molecule has 0 amide bonds. The molecule has 0 bridgehead atoms. The highest BCUT2D eigenvalue weighted by molar-refractivity contribution is 6.20. The van der Waals surface area contributed by atoms with Gasteiger partial charge in [-0.25, -0.2) is 0 Å². The molecule has 0 spiro atoms. The van der Waals surface area contributed by atoms with Gasteiger partial charge in [0.2, 0.25) is 0 Å². The van der Waals surface area contributed by atoms with Crippen molar-refractivity contribution in [3.8, 4) is 0 Å². The minimum Gasteiger partial charge on any atom is -0.381 e. The molecule has 88 valence electrons. The highest BCUT2D eigenvalue weighted by atomic mass is 35.5. The van der Waals surface area contributed by atoms with E-state index in [9.17, 15) is 0 Å². The molecule has 16 heavy (non-hydrogen) atoms. The zero-order chi connectivity index (χ0) is 11.5. The SMILES string of the molecule is Cc1ccc(CC(Cl)C2CCOC2)cc1C. The first-order valence-corrected chi connectivity index (χ1v) is 6.38. The summed E-state index contributed by atoms with van der Waals surface area (Å²) in [7, 11) is 0. The number of ether oxygens (including phenoxy) is 1. The third kappa shape index (κ3) is 2.78. The van der Waals surface area contributed by atoms with Crippen LogP contribution in [0.3, 0.4) is 0 Å². The van der Waals surface area contributed by atoms with E-state index >= 15 is 0 Å². The van der Waals surface area contributed by atoms with Gasteiger partial charge in [0.1, 0.15) is 0 Å². The fourth-order valence-corrected chi connectivity index (χ4v) is 2.54. The third-order valence-electron chi connectivity index (χ3n) is 3.48. The van der Waals surface area contributed by atoms with Gasteiger partial charge in [0.05, 0.1) is 6.61 Å². The summed E-state index contributed by atoms with van der Waals surface area (Å²) in [5.41, 5.74) is 4.04. The van der Waals surface area contributed by atoms with Crippen molar-refractivity contribution in [2.75, 3.05) is 13.2 Å². The van der Waals surface area contributed by atoms with E-state index in [1.165, 1.54) is 16.7 Å². The molecule has 0 N–H and O–H groups in total. The van der Waals surface area contributed by atoms with Crippen LogP contribution in [0, 0.1) is 19.8 Å². The van der Waals surface area contributed by atoms with Crippen LogP contribution in [0.4, 0.5) is 0 Å². The molecule has 1 aromatic carbocycles. The Morgan fingerprint density at radius 1 is 1.38 bits per heavy atom. The number of benzene rings is 1. The topological polar surface area (TPSA) is 9.23 Å². The lowest BCUT2D eigenvalue weighted by molar-refractivity contribution is 0.185. The van der Waals surface area contributed by atoms with Gasteiger partial charge in [0.25, 0.3) is 0 Å². The van der Waals surface area contributed by atoms with Gasteiger partial charge in [-0.3, -0.25) is 0 Å². The van der Waals surface area contributed by atoms with Crippen LogP contribution in [-0.2, 0) is 11.2 Å². The maximum Gasteiger partial charge on any atom is 0.0509 e. The lowest BCUT2D eigenvalue weighted by Crippen LogP contribution is -2.17. The maximum atomic E-state index is 6.43. The van der Waals surface area contributed by atoms with E-state index in [0.717, 1.165) is 26.1 Å². The van der Waals surface area contributed by atoms with Crippen LogP contribution in [-0.4, -0.2) is 18.6 Å². The first kappa shape index (κ1) is 11.9. The van der Waals surface area contributed by atoms with Crippen molar-refractivity contribution < 1.29 is 4.74 Å². The van der Waals surface area contributed by atoms with Gasteiger partial charge in [-0.15, -0.1) is 11.6 Å². The van der Waals surface area contributed by atoms with Crippen LogP contribution >= 0.6 is 11.6 Å². The van der Waals surface area contributed by atoms with Crippen molar-refractivity contribution in [3.05, 3.63) is 34.9 Å². The van der Waals surface area contributed by atoms with E-state index in [4.69, 9.17) is 16.3 Å². The van der Waals surface area contributed by atoms with E-state index in [-0.39, 0.29) is 5.38 Å². The van der Waals surface area contributed by atoms with Gasteiger partial charge in [-0.1, -0.05) is 18.2 Å². The molecular weight excluding hydrogens is 220 g/mol. The minimum atomic E-state index is 0.213. The third-order valence-corrected chi connectivity index (χ3v) is 3.99. The lowest BCUT2D eigenvalue weighted by atomic mass is 9.96. The molecule has 2 unspecified atom stereocenters. The minimum absolute atomic E-state index is 0.213. The summed E-state index contributed by atoms with van der Waals surface area (Å²) in [5.74, 6) is 0.531. The van der Waals surface area contributed by atoms with Gasteiger partial charge in [-0.2, -0.15) is 0 Å². The van der Waals surface area contributed by atoms with E-state index in [2.05, 4.69) is 32.0 Å². The molecule has 0 radical (unpaired) electrons. The van der Waals surface area contributed by atoms with E-state index in [1.54, 1.807) is 0 Å². The van der Waals surface area contributed by atoms with Crippen molar-refractivity contribution in [2.45, 2.75) is 32.1 Å². The number of hydrogen-bond acceptors (Lipinski definition) is 1. The number of halogens is 1. The van der Waals surface area contributed by atoms with E-state index < -0.39 is 0 Å². The molecular formula is C14H19ClO. The van der Waals surface area contributed by atoms with Crippen molar-refractivity contribution in [2.24, 2.45) is 5.92 Å². The predicted molar refractivity (Wildman–Crippen MR) is 68.2 cm³/mol. The highest BCUT2D eigenvalue weighted by Gasteiger charge is 2.24. The Bertz CT molecular complexity index is 356. The summed E-state index contributed by atoms with van der Waals surface area (Å²) in [6, 6.07) is 6.62. The fourth-order valence-electron chi connectivity index (χ4n) is 2.16. The molecule has 1 heterocycles. The Morgan fingerprint density at radius 3 is 2.81 bits per heavy atom. The summed E-state index contributed by atoms with van der Waals surface area (Å²) in [4.78, 5) is 0. The number of rotatable bonds is 3. The largest absolute Gasteiger partial charge is 0.381 e. The average molecular weight is 239 g/mol. The van der Waals surface area contributed by atoms with Gasteiger partial charge in [0.15, 0.2) is 0 Å². The molecule has 1 aromatic rings. The summed E-state index contributed by atoms with van der Waals surface area (Å²) in [6.07, 6.45) is 2.07. The molecule has 1 fully saturated rings. The van der Waals surface area contributed by atoms with Crippen molar-refractivity contribution >= 4 is 11.6 Å². The molecule has 1 aliphatic rings. The molecule has 1 aliphatic heterocycles. The van der Waals surface area contributed by atoms with Crippen molar-refractivity contribution in [3.63, 3.8) is 0 Å². The molecule has 0 saturated carbocycles. The normalized spacial score (nSPS) is 22.3. The summed E-state index contributed by atoms with van der Waals surface area (Å²) in [6.45, 7) is 6.00. The monoisotopic (exact) mass is 238 g/mol. The molecule has 0 aliphatic carbocycles. The van der Waals surface area contributed by atoms with Gasteiger partial charge < -0.3 is 4.74 Å². The van der Waals surface area contributed by atoms with Crippen molar-refractivity contribution in [1.82, 2.24) is 0 Å². The smallest absolute Gasteiger partial charge is 0.0509 e. The summed E-state index contributed by atoms with van der Waals surface area (Å²) >= 11 is 6.43. The van der Waals surface area contributed by atoms with Gasteiger partial charge in [-0.05, 0) is 43.4 Å². The first-order valence-electron chi connectivity index (χ1n) is 5.95. The van der Waals surface area contributed by atoms with E-state index in [0.29, 0.717) is 5.92 Å². The first-order chi connectivity index (χ1) is 7.66. The number of aryl methyl sites for hydroxylation is 2. The molecule has 1 nitrogen and oxygen atoms in total. The van der Waals surface area contributed by atoms with Crippen LogP contribution < -0.4 is 0 Å². The lowest BCUT2D eigenvalue weighted by Gasteiger charge is -2.16. The Kier molecular flexibility index (Phi) is 3.88. The second-order valence-corrected chi connectivity index (χ2v) is 5.32. The van der Waals surface area contributed by atoms with E-state index in [1.807, 2.05) is 0 Å². The predicted octanol–water partition coefficient (Wildman–Crippen LogP) is 3.49. The van der Waals surface area contributed by atoms with Crippen LogP contribution in [0.15, 0.2) is 18.2 Å². The quantitative estimate of drug-likeness (QED) is 0.733. The van der Waals surface area contributed by atoms with Gasteiger partial charge >= 0.3 is 0 Å². The Morgan fingerprint density at radius 2 is 2.19 bits per heavy atom. The van der Waals surface area contributed by atoms with Gasteiger partial charge in [0, 0.05) is 17.9 Å². The fraction of sp³-hybridized carbons (Fsp3) is 0.571. The van der Waals surface area contributed by atoms with Crippen LogP contribution in [0.1, 0.15) is 23.1 Å². The standard InChI is InChI=1S/C14H19ClO/c1-10-3-4-12(7-11(10)2)8-14(15)13-5-6-16-9-13/h3-4,7,13-14H,5-6,8-9H2,1-2H3. The molecule has 1 saturated heterocycles. The number of hydrogen-bond donors (Lipinski definition) is 0. The van der Waals surface area contributed by atoms with Crippen LogP contribution in [0.25, 0.3) is 0 Å². The van der Waals surface area contributed by atoms with Crippen LogP contribution in [0.5, 0.6) is 0 Å². The Balaban J connectivity index is 1.99. The van der Waals surface area contributed by atoms with Crippen LogP contribution in [0.2, 0.25) is 0 Å². The second kappa shape index (κ2) is 5.20. The summed E-state index contributed by atoms with van der Waals surface area (Å²) in [5, 5.41) is 0.213. The average Bonchev–Trinajstić information content (AvgIpc) is 2.77. The second-order valence-electron chi connectivity index (χ2n) is 4.76. The number of alkyl halides is 1.